The Morgan fingerprint density at radius 2 is 1.71 bits per heavy atom. The first-order chi connectivity index (χ1) is 14.7. The monoisotopic (exact) mass is 604 g/mol. The maximum atomic E-state index is 6.70. The van der Waals surface area contributed by atoms with E-state index in [0.29, 0.717) is 0 Å². The number of hydrogen-bond acceptors (Lipinski definition) is 3. The lowest BCUT2D eigenvalue weighted by Gasteiger charge is -2.37. The Morgan fingerprint density at radius 3 is 2.52 bits per heavy atom. The van der Waals surface area contributed by atoms with Crippen molar-refractivity contribution in [1.82, 2.24) is 0 Å². The lowest BCUT2D eigenvalue weighted by Crippen LogP contribution is -2.46. The molecular formula is C25H23BBrIO2S. The molecule has 6 heteroatoms. The van der Waals surface area contributed by atoms with Crippen molar-refractivity contribution >= 4 is 82.6 Å². The number of hydrogen-bond donors (Lipinski definition) is 0. The molecule has 1 atom stereocenters. The van der Waals surface area contributed by atoms with Crippen molar-refractivity contribution in [3.63, 3.8) is 0 Å². The summed E-state index contributed by atoms with van der Waals surface area (Å²) in [5.41, 5.74) is 2.76. The quantitative estimate of drug-likeness (QED) is 0.181. The van der Waals surface area contributed by atoms with E-state index in [1.54, 1.807) is 0 Å². The molecule has 0 spiro atoms. The predicted molar refractivity (Wildman–Crippen MR) is 145 cm³/mol. The van der Waals surface area contributed by atoms with Crippen molar-refractivity contribution in [2.45, 2.75) is 45.3 Å². The van der Waals surface area contributed by atoms with Crippen molar-refractivity contribution in [1.29, 1.82) is 0 Å². The van der Waals surface area contributed by atoms with Crippen LogP contribution in [0.3, 0.4) is 0 Å². The molecule has 1 fully saturated rings. The fraction of sp³-hybridized carbons (Fsp3) is 0.280. The van der Waals surface area contributed by atoms with Gasteiger partial charge in [-0.2, -0.15) is 0 Å². The SMILES string of the molecule is Cc1c(I)ccc(Br)c1CC1(C)OB(c2ccc3sc4ccccc4c3c2)OC1(C)C. The third-order valence-electron chi connectivity index (χ3n) is 6.70. The van der Waals surface area contributed by atoms with Crippen molar-refractivity contribution in [3.05, 3.63) is 73.8 Å². The minimum absolute atomic E-state index is 0.384. The minimum Gasteiger partial charge on any atom is -0.399 e. The summed E-state index contributed by atoms with van der Waals surface area (Å²) >= 11 is 7.99. The molecule has 1 aromatic heterocycles. The molecular weight excluding hydrogens is 582 g/mol. The molecule has 0 saturated carbocycles. The first-order valence-electron chi connectivity index (χ1n) is 10.4. The third kappa shape index (κ3) is 3.68. The second-order valence-electron chi connectivity index (χ2n) is 8.97. The number of benzene rings is 3. The first-order valence-corrected chi connectivity index (χ1v) is 13.1. The molecule has 5 rings (SSSR count). The van der Waals surface area contributed by atoms with Gasteiger partial charge in [-0.3, -0.25) is 0 Å². The van der Waals surface area contributed by atoms with Crippen molar-refractivity contribution in [2.75, 3.05) is 0 Å². The van der Waals surface area contributed by atoms with Crippen LogP contribution in [0.2, 0.25) is 0 Å². The number of thiophene rings is 1. The molecule has 158 valence electrons. The van der Waals surface area contributed by atoms with Gasteiger partial charge in [0.2, 0.25) is 0 Å². The van der Waals surface area contributed by atoms with E-state index in [2.05, 4.69) is 121 Å². The normalized spacial score (nSPS) is 20.8. The molecule has 0 N–H and O–H groups in total. The molecule has 0 aliphatic carbocycles. The highest BCUT2D eigenvalue weighted by atomic mass is 127. The topological polar surface area (TPSA) is 18.5 Å². The van der Waals surface area contributed by atoms with E-state index < -0.39 is 11.2 Å². The Labute approximate surface area is 209 Å². The molecule has 0 amide bonds. The number of fused-ring (bicyclic) bond motifs is 3. The van der Waals surface area contributed by atoms with Crippen LogP contribution in [0.15, 0.2) is 59.1 Å². The van der Waals surface area contributed by atoms with Crippen molar-refractivity contribution in [2.24, 2.45) is 0 Å². The van der Waals surface area contributed by atoms with Gasteiger partial charge in [0.1, 0.15) is 0 Å². The van der Waals surface area contributed by atoms with Gasteiger partial charge in [0.05, 0.1) is 11.2 Å². The van der Waals surface area contributed by atoms with E-state index in [0.717, 1.165) is 16.4 Å². The number of rotatable bonds is 3. The van der Waals surface area contributed by atoms with Gasteiger partial charge < -0.3 is 9.31 Å². The van der Waals surface area contributed by atoms with Crippen LogP contribution in [0.4, 0.5) is 0 Å². The van der Waals surface area contributed by atoms with E-state index in [9.17, 15) is 0 Å². The van der Waals surface area contributed by atoms with Crippen LogP contribution < -0.4 is 5.46 Å². The standard InChI is InChI=1S/C25H23BBrIO2S/c1-15-19(20(27)10-11-21(15)28)14-25(4)24(2,3)29-26(30-25)16-9-12-23-18(13-16)17-7-5-6-8-22(17)31-23/h5-13H,14H2,1-4H3. The molecule has 2 nitrogen and oxygen atoms in total. The molecule has 2 heterocycles. The van der Waals surface area contributed by atoms with E-state index in [1.807, 2.05) is 11.3 Å². The van der Waals surface area contributed by atoms with Crippen LogP contribution in [-0.2, 0) is 15.7 Å². The Balaban J connectivity index is 1.52. The van der Waals surface area contributed by atoms with Crippen molar-refractivity contribution in [3.8, 4) is 0 Å². The van der Waals surface area contributed by atoms with Crippen LogP contribution >= 0.6 is 49.9 Å². The van der Waals surface area contributed by atoms with E-state index in [-0.39, 0.29) is 7.12 Å². The summed E-state index contributed by atoms with van der Waals surface area (Å²) in [6.45, 7) is 8.64. The van der Waals surface area contributed by atoms with E-state index in [4.69, 9.17) is 9.31 Å². The second kappa shape index (κ2) is 7.84. The van der Waals surface area contributed by atoms with Gasteiger partial charge in [-0.25, -0.2) is 0 Å². The summed E-state index contributed by atoms with van der Waals surface area (Å²) in [6, 6.07) is 19.4. The zero-order chi connectivity index (χ0) is 22.0. The fourth-order valence-corrected chi connectivity index (χ4v) is 6.49. The predicted octanol–water partition coefficient (Wildman–Crippen LogP) is 7.25. The second-order valence-corrected chi connectivity index (χ2v) is 12.1. The van der Waals surface area contributed by atoms with Crippen molar-refractivity contribution < 1.29 is 9.31 Å². The summed E-state index contributed by atoms with van der Waals surface area (Å²) in [6.07, 6.45) is 0.781. The maximum absolute atomic E-state index is 6.70. The number of halogens is 2. The Bertz CT molecular complexity index is 1320. The Hall–Kier alpha value is -0.925. The van der Waals surface area contributed by atoms with Crippen LogP contribution in [0.5, 0.6) is 0 Å². The van der Waals surface area contributed by atoms with Gasteiger partial charge in [-0.1, -0.05) is 46.3 Å². The van der Waals surface area contributed by atoms with E-state index in [1.165, 1.54) is 34.9 Å². The minimum atomic E-state index is -0.457. The highest BCUT2D eigenvalue weighted by Crippen LogP contribution is 2.42. The third-order valence-corrected chi connectivity index (χ3v) is 9.77. The lowest BCUT2D eigenvalue weighted by atomic mass is 9.78. The summed E-state index contributed by atoms with van der Waals surface area (Å²) in [4.78, 5) is 0. The maximum Gasteiger partial charge on any atom is 0.494 e. The summed E-state index contributed by atoms with van der Waals surface area (Å²) < 4.78 is 18.2. The van der Waals surface area contributed by atoms with Gasteiger partial charge in [0.15, 0.2) is 0 Å². The highest BCUT2D eigenvalue weighted by molar-refractivity contribution is 14.1. The van der Waals surface area contributed by atoms with Crippen LogP contribution in [0, 0.1) is 10.5 Å². The average molecular weight is 605 g/mol. The highest BCUT2D eigenvalue weighted by Gasteiger charge is 2.54. The largest absolute Gasteiger partial charge is 0.494 e. The molecule has 1 aliphatic rings. The molecule has 1 saturated heterocycles. The smallest absolute Gasteiger partial charge is 0.399 e. The fourth-order valence-electron chi connectivity index (χ4n) is 4.32. The average Bonchev–Trinajstić information content (AvgIpc) is 3.22. The zero-order valence-electron chi connectivity index (χ0n) is 18.0. The van der Waals surface area contributed by atoms with Crippen LogP contribution in [0.1, 0.15) is 31.9 Å². The molecule has 4 aromatic rings. The molecule has 0 radical (unpaired) electrons. The Kier molecular flexibility index (Phi) is 5.54. The first kappa shape index (κ1) is 21.9. The molecule has 0 bridgehead atoms. The zero-order valence-corrected chi connectivity index (χ0v) is 22.5. The summed E-state index contributed by atoms with van der Waals surface area (Å²) in [5.74, 6) is 0. The summed E-state index contributed by atoms with van der Waals surface area (Å²) in [7, 11) is -0.384. The molecule has 3 aromatic carbocycles. The van der Waals surface area contributed by atoms with Gasteiger partial charge in [-0.15, -0.1) is 11.3 Å². The Morgan fingerprint density at radius 1 is 0.968 bits per heavy atom. The van der Waals surface area contributed by atoms with Gasteiger partial charge >= 0.3 is 7.12 Å². The summed E-state index contributed by atoms with van der Waals surface area (Å²) in [5, 5.41) is 2.57. The van der Waals surface area contributed by atoms with Gasteiger partial charge in [-0.05, 0) is 96.5 Å². The van der Waals surface area contributed by atoms with Crippen LogP contribution in [0.25, 0.3) is 20.2 Å². The lowest BCUT2D eigenvalue weighted by molar-refractivity contribution is -0.00898. The molecule has 31 heavy (non-hydrogen) atoms. The molecule has 1 unspecified atom stereocenters. The van der Waals surface area contributed by atoms with Gasteiger partial charge in [0, 0.05) is 29.2 Å². The van der Waals surface area contributed by atoms with E-state index >= 15 is 0 Å². The molecule has 1 aliphatic heterocycles. The van der Waals surface area contributed by atoms with Crippen LogP contribution in [-0.4, -0.2) is 18.3 Å². The van der Waals surface area contributed by atoms with Gasteiger partial charge in [0.25, 0.3) is 0 Å².